The van der Waals surface area contributed by atoms with Gasteiger partial charge in [0.15, 0.2) is 0 Å². The van der Waals surface area contributed by atoms with Crippen molar-refractivity contribution in [2.75, 3.05) is 12.8 Å². The Hall–Kier alpha value is -2.51. The monoisotopic (exact) mass is 362 g/mol. The van der Waals surface area contributed by atoms with Gasteiger partial charge < -0.3 is 15.8 Å². The van der Waals surface area contributed by atoms with Crippen LogP contribution in [0.1, 0.15) is 15.2 Å². The number of methoxy groups -OCH3 is 1. The Morgan fingerprint density at radius 1 is 1.33 bits per heavy atom. The number of nitrogen functional groups attached to an aromatic ring is 1. The summed E-state index contributed by atoms with van der Waals surface area (Å²) in [6.45, 7) is 0.298. The number of nitrogens with two attached hydrogens (primary N) is 1. The number of halogens is 1. The lowest BCUT2D eigenvalue weighted by atomic mass is 10.3. The number of aromatic nitrogens is 2. The fourth-order valence-corrected chi connectivity index (χ4v) is 3.10. The molecule has 0 saturated heterocycles. The van der Waals surface area contributed by atoms with Crippen molar-refractivity contribution >= 4 is 34.5 Å². The first-order chi connectivity index (χ1) is 11.6. The maximum atomic E-state index is 12.1. The van der Waals surface area contributed by atoms with Crippen LogP contribution in [0, 0.1) is 0 Å². The van der Waals surface area contributed by atoms with Gasteiger partial charge in [-0.15, -0.1) is 16.4 Å². The molecule has 3 rings (SSSR count). The van der Waals surface area contributed by atoms with Gasteiger partial charge in [0.05, 0.1) is 34.1 Å². The Labute approximate surface area is 147 Å². The molecule has 0 fully saturated rings. The van der Waals surface area contributed by atoms with E-state index in [4.69, 9.17) is 22.1 Å². The highest BCUT2D eigenvalue weighted by atomic mass is 35.5. The Morgan fingerprint density at radius 3 is 2.71 bits per heavy atom. The van der Waals surface area contributed by atoms with Crippen molar-refractivity contribution in [2.45, 2.75) is 6.54 Å². The summed E-state index contributed by atoms with van der Waals surface area (Å²) in [5.74, 6) is 0.269. The molecule has 124 valence electrons. The number of hydrogen-bond donors (Lipinski definition) is 2. The lowest BCUT2D eigenvalue weighted by Crippen LogP contribution is -2.21. The lowest BCUT2D eigenvalue weighted by Gasteiger charge is -2.02. The van der Waals surface area contributed by atoms with Crippen molar-refractivity contribution < 1.29 is 9.53 Å². The fraction of sp³-hybridized carbons (Fsp3) is 0.125. The second kappa shape index (κ2) is 6.94. The van der Waals surface area contributed by atoms with Gasteiger partial charge in [0.25, 0.3) is 5.91 Å². The van der Waals surface area contributed by atoms with Gasteiger partial charge >= 0.3 is 0 Å². The van der Waals surface area contributed by atoms with Crippen LogP contribution in [0.25, 0.3) is 5.69 Å². The molecule has 0 aliphatic heterocycles. The molecule has 3 N–H and O–H groups in total. The van der Waals surface area contributed by atoms with Gasteiger partial charge in [-0.25, -0.2) is 4.68 Å². The molecule has 2 aromatic heterocycles. The van der Waals surface area contributed by atoms with E-state index in [0.717, 1.165) is 11.3 Å². The Kier molecular flexibility index (Phi) is 4.73. The van der Waals surface area contributed by atoms with E-state index < -0.39 is 0 Å². The zero-order valence-corrected chi connectivity index (χ0v) is 14.4. The molecule has 6 nitrogen and oxygen atoms in total. The quantitative estimate of drug-likeness (QED) is 0.683. The number of nitrogens with zero attached hydrogens (tertiary/aromatic N) is 2. The van der Waals surface area contributed by atoms with Gasteiger partial charge in [0.1, 0.15) is 0 Å². The van der Waals surface area contributed by atoms with Crippen LogP contribution in [0.2, 0.25) is 4.34 Å². The normalized spacial score (nSPS) is 10.6. The van der Waals surface area contributed by atoms with Gasteiger partial charge in [-0.3, -0.25) is 4.79 Å². The summed E-state index contributed by atoms with van der Waals surface area (Å²) >= 11 is 7.08. The molecule has 0 aliphatic rings. The lowest BCUT2D eigenvalue weighted by molar-refractivity contribution is 0.0955. The third-order valence-corrected chi connectivity index (χ3v) is 4.57. The molecular weight excluding hydrogens is 348 g/mol. The summed E-state index contributed by atoms with van der Waals surface area (Å²) in [6.07, 6.45) is 1.81. The van der Waals surface area contributed by atoms with Gasteiger partial charge in [-0.2, -0.15) is 0 Å². The average Bonchev–Trinajstić information content (AvgIpc) is 3.19. The zero-order valence-electron chi connectivity index (χ0n) is 12.8. The van der Waals surface area contributed by atoms with Crippen LogP contribution < -0.4 is 15.8 Å². The highest BCUT2D eigenvalue weighted by Crippen LogP contribution is 2.22. The van der Waals surface area contributed by atoms with Crippen molar-refractivity contribution in [3.63, 3.8) is 0 Å². The number of nitrogens with one attached hydrogen (secondary N) is 1. The molecule has 3 aromatic rings. The summed E-state index contributed by atoms with van der Waals surface area (Å²) in [5, 5.41) is 7.20. The van der Waals surface area contributed by atoms with E-state index in [-0.39, 0.29) is 5.91 Å². The summed E-state index contributed by atoms with van der Waals surface area (Å²) in [4.78, 5) is 12.7. The second-order valence-corrected chi connectivity index (χ2v) is 6.70. The Morgan fingerprint density at radius 2 is 2.08 bits per heavy atom. The molecule has 0 saturated carbocycles. The highest BCUT2D eigenvalue weighted by molar-refractivity contribution is 7.17. The smallest absolute Gasteiger partial charge is 0.261 e. The Balaban J connectivity index is 1.75. The summed E-state index contributed by atoms with van der Waals surface area (Å²) in [5.41, 5.74) is 8.00. The zero-order chi connectivity index (χ0) is 17.1. The minimum absolute atomic E-state index is 0.186. The number of anilines is 1. The summed E-state index contributed by atoms with van der Waals surface area (Å²) in [6, 6.07) is 10.7. The van der Waals surface area contributed by atoms with Crippen molar-refractivity contribution in [3.8, 4) is 11.6 Å². The van der Waals surface area contributed by atoms with E-state index in [0.29, 0.717) is 27.3 Å². The first-order valence-corrected chi connectivity index (χ1v) is 8.28. The number of ether oxygens (including phenoxy) is 1. The van der Waals surface area contributed by atoms with Crippen molar-refractivity contribution in [3.05, 3.63) is 57.4 Å². The molecule has 1 aromatic carbocycles. The molecule has 2 heterocycles. The maximum absolute atomic E-state index is 12.1. The predicted octanol–water partition coefficient (Wildman–Crippen LogP) is 3.11. The molecule has 0 aliphatic carbocycles. The summed E-state index contributed by atoms with van der Waals surface area (Å²) < 4.78 is 7.55. The van der Waals surface area contributed by atoms with E-state index >= 15 is 0 Å². The van der Waals surface area contributed by atoms with Gasteiger partial charge in [-0.1, -0.05) is 11.6 Å². The molecule has 24 heavy (non-hydrogen) atoms. The fourth-order valence-electron chi connectivity index (χ4n) is 2.15. The van der Waals surface area contributed by atoms with Crippen LogP contribution in [-0.2, 0) is 6.54 Å². The first kappa shape index (κ1) is 16.4. The van der Waals surface area contributed by atoms with Crippen LogP contribution in [0.4, 0.5) is 5.69 Å². The number of rotatable bonds is 5. The molecule has 0 radical (unpaired) electrons. The molecule has 8 heteroatoms. The molecule has 0 unspecified atom stereocenters. The third kappa shape index (κ3) is 3.52. The van der Waals surface area contributed by atoms with Crippen molar-refractivity contribution in [1.82, 2.24) is 15.1 Å². The molecule has 0 bridgehead atoms. The average molecular weight is 363 g/mol. The van der Waals surface area contributed by atoms with Gasteiger partial charge in [-0.05, 0) is 36.4 Å². The molecule has 0 atom stereocenters. The first-order valence-electron chi connectivity index (χ1n) is 7.09. The number of hydrogen-bond acceptors (Lipinski definition) is 5. The highest BCUT2D eigenvalue weighted by Gasteiger charge is 2.13. The van der Waals surface area contributed by atoms with E-state index in [1.807, 2.05) is 18.3 Å². The van der Waals surface area contributed by atoms with Crippen LogP contribution in [0.5, 0.6) is 5.88 Å². The van der Waals surface area contributed by atoms with E-state index in [1.54, 1.807) is 36.1 Å². The van der Waals surface area contributed by atoms with Crippen molar-refractivity contribution in [1.29, 1.82) is 0 Å². The minimum atomic E-state index is -0.186. The Bertz CT molecular complexity index is 857. The van der Waals surface area contributed by atoms with Crippen LogP contribution in [-0.4, -0.2) is 22.8 Å². The summed E-state index contributed by atoms with van der Waals surface area (Å²) in [7, 11) is 1.54. The number of carbonyl (C=O) groups excluding carboxylic acids is 1. The SMILES string of the molecule is COc1nn(-c2ccc(N)cc2)cc1CNC(=O)c1ccc(Cl)s1. The second-order valence-electron chi connectivity index (χ2n) is 4.99. The van der Waals surface area contributed by atoms with Crippen molar-refractivity contribution in [2.24, 2.45) is 0 Å². The largest absolute Gasteiger partial charge is 0.480 e. The van der Waals surface area contributed by atoms with Gasteiger partial charge in [0.2, 0.25) is 5.88 Å². The number of carbonyl (C=O) groups is 1. The topological polar surface area (TPSA) is 82.2 Å². The van der Waals surface area contributed by atoms with Crippen LogP contribution in [0.15, 0.2) is 42.6 Å². The molecule has 0 spiro atoms. The number of benzene rings is 1. The molecular formula is C16H15ClN4O2S. The van der Waals surface area contributed by atoms with E-state index in [9.17, 15) is 4.79 Å². The predicted molar refractivity (Wildman–Crippen MR) is 95.0 cm³/mol. The maximum Gasteiger partial charge on any atom is 0.261 e. The molecule has 1 amide bonds. The standard InChI is InChI=1S/C16H15ClN4O2S/c1-23-16-10(8-19-15(22)13-6-7-14(17)24-13)9-21(20-16)12-4-2-11(18)3-5-12/h2-7,9H,8,18H2,1H3,(H,19,22). The van der Waals surface area contributed by atoms with E-state index in [1.165, 1.54) is 11.3 Å². The third-order valence-electron chi connectivity index (χ3n) is 3.34. The minimum Gasteiger partial charge on any atom is -0.480 e. The number of amides is 1. The van der Waals surface area contributed by atoms with Gasteiger partial charge in [0, 0.05) is 11.9 Å². The van der Waals surface area contributed by atoms with Crippen LogP contribution >= 0.6 is 22.9 Å². The van der Waals surface area contributed by atoms with Crippen LogP contribution in [0.3, 0.4) is 0 Å². The number of thiophene rings is 1. The van der Waals surface area contributed by atoms with E-state index in [2.05, 4.69) is 10.4 Å².